The number of rotatable bonds is 13. The van der Waals surface area contributed by atoms with Crippen LogP contribution in [0.4, 0.5) is 13.2 Å². The van der Waals surface area contributed by atoms with E-state index in [1.165, 1.54) is 11.1 Å². The Labute approximate surface area is 297 Å². The second-order valence-electron chi connectivity index (χ2n) is 12.4. The van der Waals surface area contributed by atoms with Crippen LogP contribution in [0.5, 0.6) is 0 Å². The molecule has 0 aliphatic carbocycles. The number of carbonyl (C=O) groups excluding carboxylic acids is 2. The van der Waals surface area contributed by atoms with Gasteiger partial charge in [0, 0.05) is 57.3 Å². The molecule has 51 heavy (non-hydrogen) atoms. The molecule has 0 spiro atoms. The number of hydrogen-bond acceptors (Lipinski definition) is 5. The molecule has 1 aliphatic heterocycles. The number of benzene rings is 4. The average Bonchev–Trinajstić information content (AvgIpc) is 3.14. The van der Waals surface area contributed by atoms with Crippen molar-refractivity contribution >= 4 is 17.8 Å². The predicted octanol–water partition coefficient (Wildman–Crippen LogP) is 6.69. The van der Waals surface area contributed by atoms with Crippen molar-refractivity contribution < 1.29 is 32.7 Å². The van der Waals surface area contributed by atoms with E-state index in [2.05, 4.69) is 81.8 Å². The highest BCUT2D eigenvalue weighted by Crippen LogP contribution is 2.27. The van der Waals surface area contributed by atoms with Crippen LogP contribution in [0.1, 0.15) is 52.7 Å². The molecule has 2 amide bonds. The Balaban J connectivity index is 0.000000755. The third-order valence-corrected chi connectivity index (χ3v) is 8.70. The summed E-state index contributed by atoms with van der Waals surface area (Å²) in [4.78, 5) is 40.3. The van der Waals surface area contributed by atoms with Crippen LogP contribution in [0.15, 0.2) is 109 Å². The topological polar surface area (TPSA) is 116 Å². The summed E-state index contributed by atoms with van der Waals surface area (Å²) in [5, 5.41) is 10.0. The molecule has 4 aromatic carbocycles. The number of amides is 2. The Kier molecular flexibility index (Phi) is 14.8. The van der Waals surface area contributed by atoms with Gasteiger partial charge < -0.3 is 21.1 Å². The van der Waals surface area contributed by atoms with Gasteiger partial charge in [-0.3, -0.25) is 14.5 Å². The van der Waals surface area contributed by atoms with Gasteiger partial charge in [-0.05, 0) is 65.6 Å². The van der Waals surface area contributed by atoms with Gasteiger partial charge >= 0.3 is 12.1 Å². The van der Waals surface area contributed by atoms with E-state index in [0.717, 1.165) is 62.0 Å². The van der Waals surface area contributed by atoms with E-state index in [9.17, 15) is 22.8 Å². The third-order valence-electron chi connectivity index (χ3n) is 8.70. The van der Waals surface area contributed by atoms with Gasteiger partial charge in [0.25, 0.3) is 5.91 Å². The molecule has 0 unspecified atom stereocenters. The Morgan fingerprint density at radius 2 is 1.41 bits per heavy atom. The van der Waals surface area contributed by atoms with E-state index in [1.54, 1.807) is 0 Å². The molecule has 11 heteroatoms. The molecule has 0 aromatic heterocycles. The van der Waals surface area contributed by atoms with Gasteiger partial charge in [-0.25, -0.2) is 4.79 Å². The maximum absolute atomic E-state index is 13.9. The number of likely N-dealkylation sites (tertiary alicyclic amines) is 1. The molecule has 5 rings (SSSR count). The number of piperidine rings is 1. The van der Waals surface area contributed by atoms with Gasteiger partial charge in [0.1, 0.15) is 0 Å². The van der Waals surface area contributed by atoms with Crippen LogP contribution in [0, 0.1) is 0 Å². The number of hydrogen-bond donors (Lipinski definition) is 3. The van der Waals surface area contributed by atoms with Crippen LogP contribution < -0.4 is 11.1 Å². The van der Waals surface area contributed by atoms with Crippen molar-refractivity contribution in [2.24, 2.45) is 5.73 Å². The van der Waals surface area contributed by atoms with Crippen molar-refractivity contribution in [2.75, 3.05) is 26.2 Å². The van der Waals surface area contributed by atoms with Crippen LogP contribution >= 0.6 is 0 Å². The lowest BCUT2D eigenvalue weighted by atomic mass is 9.96. The largest absolute Gasteiger partial charge is 0.490 e. The molecule has 8 nitrogen and oxygen atoms in total. The molecule has 0 bridgehead atoms. The summed E-state index contributed by atoms with van der Waals surface area (Å²) in [6, 6.07) is 37.1. The highest BCUT2D eigenvalue weighted by atomic mass is 19.4. The second-order valence-corrected chi connectivity index (χ2v) is 12.4. The fourth-order valence-electron chi connectivity index (χ4n) is 6.13. The van der Waals surface area contributed by atoms with Crippen molar-refractivity contribution in [3.63, 3.8) is 0 Å². The van der Waals surface area contributed by atoms with Crippen LogP contribution in [0.3, 0.4) is 0 Å². The molecule has 0 saturated carbocycles. The standard InChI is InChI=1S/C38H44N4O2.C2HF3O2/c39-23-24-40-38(44)36-19-8-7-18-35(36)33-17-9-16-32(27-33)29-42(37(43)20-10-15-30-11-3-1-4-12-30)34-21-25-41(26-22-34)28-31-13-5-2-6-14-31;3-2(4,5)1(6)7/h1-9,11-14,16-19,27,34H,10,15,20-26,28-29,39H2,(H,40,44);(H,6,7). The molecular formula is C40H45F3N4O4. The second kappa shape index (κ2) is 19.4. The smallest absolute Gasteiger partial charge is 0.475 e. The first-order chi connectivity index (χ1) is 24.5. The van der Waals surface area contributed by atoms with Gasteiger partial charge in [-0.15, -0.1) is 0 Å². The van der Waals surface area contributed by atoms with Crippen molar-refractivity contribution in [3.8, 4) is 11.1 Å². The van der Waals surface area contributed by atoms with Gasteiger partial charge in [-0.1, -0.05) is 97.1 Å². The van der Waals surface area contributed by atoms with E-state index in [-0.39, 0.29) is 17.9 Å². The third kappa shape index (κ3) is 12.4. The first-order valence-corrected chi connectivity index (χ1v) is 17.1. The number of carboxylic acid groups (broad SMARTS) is 1. The fourth-order valence-corrected chi connectivity index (χ4v) is 6.13. The van der Waals surface area contributed by atoms with E-state index in [1.807, 2.05) is 42.5 Å². The van der Waals surface area contributed by atoms with Gasteiger partial charge in [0.05, 0.1) is 0 Å². The normalized spacial score (nSPS) is 13.5. The summed E-state index contributed by atoms with van der Waals surface area (Å²) in [6.45, 7) is 4.27. The first kappa shape index (κ1) is 38.8. The number of alkyl halides is 3. The molecule has 1 saturated heterocycles. The lowest BCUT2D eigenvalue weighted by Gasteiger charge is -2.39. The molecule has 4 aromatic rings. The average molecular weight is 703 g/mol. The molecule has 0 atom stereocenters. The van der Waals surface area contributed by atoms with E-state index < -0.39 is 12.1 Å². The van der Waals surface area contributed by atoms with E-state index in [4.69, 9.17) is 15.6 Å². The highest BCUT2D eigenvalue weighted by molar-refractivity contribution is 6.00. The maximum atomic E-state index is 13.9. The van der Waals surface area contributed by atoms with Gasteiger partial charge in [-0.2, -0.15) is 13.2 Å². The van der Waals surface area contributed by atoms with Crippen LogP contribution in [-0.2, 0) is 29.1 Å². The minimum Gasteiger partial charge on any atom is -0.475 e. The van der Waals surface area contributed by atoms with Crippen LogP contribution in [-0.4, -0.2) is 71.1 Å². The molecule has 4 N–H and O–H groups in total. The SMILES string of the molecule is NCCNC(=O)c1ccccc1-c1cccc(CN(C(=O)CCCc2ccccc2)C2CCN(Cc3ccccc3)CC2)c1.O=C(O)C(F)(F)F. The molecule has 1 aliphatic rings. The maximum Gasteiger partial charge on any atom is 0.490 e. The summed E-state index contributed by atoms with van der Waals surface area (Å²) >= 11 is 0. The minimum absolute atomic E-state index is 0.131. The number of carbonyl (C=O) groups is 3. The number of nitrogens with one attached hydrogen (secondary N) is 1. The van der Waals surface area contributed by atoms with Crippen LogP contribution in [0.2, 0.25) is 0 Å². The Bertz CT molecular complexity index is 1690. The summed E-state index contributed by atoms with van der Waals surface area (Å²) in [6.07, 6.45) is -0.906. The number of aryl methyl sites for hydroxylation is 1. The summed E-state index contributed by atoms with van der Waals surface area (Å²) in [5.41, 5.74) is 11.7. The molecule has 1 fully saturated rings. The van der Waals surface area contributed by atoms with Gasteiger partial charge in [0.15, 0.2) is 0 Å². The molecule has 270 valence electrons. The lowest BCUT2D eigenvalue weighted by Crippen LogP contribution is -2.46. The van der Waals surface area contributed by atoms with Crippen molar-refractivity contribution in [3.05, 3.63) is 131 Å². The Morgan fingerprint density at radius 3 is 2.04 bits per heavy atom. The molecule has 1 heterocycles. The van der Waals surface area contributed by atoms with Crippen molar-refractivity contribution in [2.45, 2.75) is 57.4 Å². The highest BCUT2D eigenvalue weighted by Gasteiger charge is 2.38. The lowest BCUT2D eigenvalue weighted by molar-refractivity contribution is -0.192. The van der Waals surface area contributed by atoms with Gasteiger partial charge in [0.2, 0.25) is 5.91 Å². The van der Waals surface area contributed by atoms with E-state index in [0.29, 0.717) is 31.6 Å². The number of nitrogens with two attached hydrogens (primary N) is 1. The van der Waals surface area contributed by atoms with Crippen molar-refractivity contribution in [1.82, 2.24) is 15.1 Å². The number of nitrogens with zero attached hydrogens (tertiary/aromatic N) is 2. The van der Waals surface area contributed by atoms with Crippen LogP contribution in [0.25, 0.3) is 11.1 Å². The first-order valence-electron chi connectivity index (χ1n) is 17.1. The quantitative estimate of drug-likeness (QED) is 0.143. The minimum atomic E-state index is -5.08. The zero-order valence-electron chi connectivity index (χ0n) is 28.5. The number of aliphatic carboxylic acids is 1. The zero-order valence-corrected chi connectivity index (χ0v) is 28.5. The number of halogens is 3. The summed E-state index contributed by atoms with van der Waals surface area (Å²) in [7, 11) is 0. The Hall–Kier alpha value is -5.00. The fraction of sp³-hybridized carbons (Fsp3) is 0.325. The monoisotopic (exact) mass is 702 g/mol. The Morgan fingerprint density at radius 1 is 0.824 bits per heavy atom. The number of carboxylic acids is 1. The van der Waals surface area contributed by atoms with Crippen molar-refractivity contribution in [1.29, 1.82) is 0 Å². The summed E-state index contributed by atoms with van der Waals surface area (Å²) in [5.74, 6) is -2.67. The molecule has 0 radical (unpaired) electrons. The zero-order chi connectivity index (χ0) is 36.6. The predicted molar refractivity (Wildman–Crippen MR) is 192 cm³/mol. The summed E-state index contributed by atoms with van der Waals surface area (Å²) < 4.78 is 31.7. The van der Waals surface area contributed by atoms with E-state index >= 15 is 0 Å². The molecular weight excluding hydrogens is 657 g/mol.